The number of nitrogens with zero attached hydrogens (tertiary/aromatic N) is 3. The number of nitriles is 1. The average Bonchev–Trinajstić information content (AvgIpc) is 2.42. The number of hydrogen-bond acceptors (Lipinski definition) is 4. The van der Waals surface area contributed by atoms with Crippen LogP contribution >= 0.6 is 0 Å². The summed E-state index contributed by atoms with van der Waals surface area (Å²) in [4.78, 5) is 4.48. The normalized spacial score (nSPS) is 18.7. The van der Waals surface area contributed by atoms with Gasteiger partial charge in [-0.05, 0) is 17.7 Å². The van der Waals surface area contributed by atoms with Gasteiger partial charge < -0.3 is 5.11 Å². The van der Waals surface area contributed by atoms with Gasteiger partial charge in [-0.3, -0.25) is 9.80 Å². The topological polar surface area (TPSA) is 50.5 Å². The quantitative estimate of drug-likeness (QED) is 0.835. The lowest BCUT2D eigenvalue weighted by Gasteiger charge is -2.36. The predicted molar refractivity (Wildman–Crippen MR) is 74.7 cm³/mol. The molecule has 2 rings (SSSR count). The molecule has 1 fully saturated rings. The lowest BCUT2D eigenvalue weighted by atomic mass is 10.1. The van der Waals surface area contributed by atoms with Crippen LogP contribution in [0.3, 0.4) is 0 Å². The predicted octanol–water partition coefficient (Wildman–Crippen LogP) is 1.76. The second kappa shape index (κ2) is 6.37. The Bertz CT molecular complexity index is 473. The Hall–Kier alpha value is -1.83. The Balaban J connectivity index is 2.04. The Morgan fingerprint density at radius 3 is 2.68 bits per heavy atom. The summed E-state index contributed by atoms with van der Waals surface area (Å²) < 4.78 is 0. The van der Waals surface area contributed by atoms with E-state index in [1.54, 1.807) is 18.2 Å². The number of rotatable bonds is 4. The van der Waals surface area contributed by atoms with E-state index in [0.717, 1.165) is 38.3 Å². The summed E-state index contributed by atoms with van der Waals surface area (Å²) >= 11 is 0. The largest absolute Gasteiger partial charge is 0.508 e. The zero-order valence-corrected chi connectivity index (χ0v) is 11.0. The highest BCUT2D eigenvalue weighted by Gasteiger charge is 2.24. The van der Waals surface area contributed by atoms with E-state index in [-0.39, 0.29) is 11.8 Å². The van der Waals surface area contributed by atoms with Crippen molar-refractivity contribution in [3.05, 3.63) is 42.5 Å². The maximum atomic E-state index is 9.52. The molecule has 4 heteroatoms. The van der Waals surface area contributed by atoms with Crippen molar-refractivity contribution >= 4 is 0 Å². The second-order valence-electron chi connectivity index (χ2n) is 4.75. The van der Waals surface area contributed by atoms with Crippen LogP contribution in [0.4, 0.5) is 0 Å². The molecule has 0 aliphatic carbocycles. The lowest BCUT2D eigenvalue weighted by molar-refractivity contribution is 0.123. The standard InChI is InChI=1S/C15H19N3O/c1-2-6-17-7-9-18(10-8-17)15(12-16)13-4-3-5-14(19)11-13/h2-5,11,15,19H,1,6-10H2. The van der Waals surface area contributed by atoms with Crippen LogP contribution in [0.5, 0.6) is 5.75 Å². The summed E-state index contributed by atoms with van der Waals surface area (Å²) in [6.45, 7) is 8.27. The van der Waals surface area contributed by atoms with E-state index in [0.29, 0.717) is 0 Å². The van der Waals surface area contributed by atoms with E-state index in [4.69, 9.17) is 0 Å². The summed E-state index contributed by atoms with van der Waals surface area (Å²) in [6, 6.07) is 9.03. The molecule has 0 saturated carbocycles. The van der Waals surface area contributed by atoms with Gasteiger partial charge in [0, 0.05) is 32.7 Å². The van der Waals surface area contributed by atoms with E-state index in [1.807, 2.05) is 12.1 Å². The molecule has 1 atom stereocenters. The van der Waals surface area contributed by atoms with Crippen LogP contribution < -0.4 is 0 Å². The van der Waals surface area contributed by atoms with E-state index >= 15 is 0 Å². The summed E-state index contributed by atoms with van der Waals surface area (Å²) in [5, 5.41) is 18.9. The Morgan fingerprint density at radius 2 is 2.11 bits per heavy atom. The first kappa shape index (κ1) is 13.6. The van der Waals surface area contributed by atoms with Crippen LogP contribution in [-0.4, -0.2) is 47.6 Å². The van der Waals surface area contributed by atoms with E-state index in [1.165, 1.54) is 0 Å². The van der Waals surface area contributed by atoms with Gasteiger partial charge in [0.1, 0.15) is 11.8 Å². The molecule has 0 spiro atoms. The highest BCUT2D eigenvalue weighted by Crippen LogP contribution is 2.24. The molecular weight excluding hydrogens is 238 g/mol. The Kier molecular flexibility index (Phi) is 4.56. The van der Waals surface area contributed by atoms with Crippen molar-refractivity contribution in [1.29, 1.82) is 5.26 Å². The fourth-order valence-corrected chi connectivity index (χ4v) is 2.45. The third-order valence-corrected chi connectivity index (χ3v) is 3.47. The van der Waals surface area contributed by atoms with Gasteiger partial charge in [-0.25, -0.2) is 0 Å². The molecule has 4 nitrogen and oxygen atoms in total. The van der Waals surface area contributed by atoms with E-state index in [9.17, 15) is 10.4 Å². The van der Waals surface area contributed by atoms with Gasteiger partial charge in [0.25, 0.3) is 0 Å². The molecule has 1 N–H and O–H groups in total. The molecule has 1 aliphatic rings. The first-order valence-corrected chi connectivity index (χ1v) is 6.50. The summed E-state index contributed by atoms with van der Waals surface area (Å²) in [7, 11) is 0. The van der Waals surface area contributed by atoms with Crippen molar-refractivity contribution in [2.24, 2.45) is 0 Å². The third-order valence-electron chi connectivity index (χ3n) is 3.47. The molecule has 1 heterocycles. The Morgan fingerprint density at radius 1 is 1.37 bits per heavy atom. The number of benzene rings is 1. The van der Waals surface area contributed by atoms with Crippen LogP contribution in [-0.2, 0) is 0 Å². The number of hydrogen-bond donors (Lipinski definition) is 1. The van der Waals surface area contributed by atoms with Crippen LogP contribution in [0.1, 0.15) is 11.6 Å². The van der Waals surface area contributed by atoms with Crippen molar-refractivity contribution in [2.75, 3.05) is 32.7 Å². The van der Waals surface area contributed by atoms with Crippen LogP contribution in [0.2, 0.25) is 0 Å². The molecule has 0 aromatic heterocycles. The minimum Gasteiger partial charge on any atom is -0.508 e. The van der Waals surface area contributed by atoms with Crippen LogP contribution in [0.15, 0.2) is 36.9 Å². The number of phenols is 1. The van der Waals surface area contributed by atoms with Crippen LogP contribution in [0.25, 0.3) is 0 Å². The van der Waals surface area contributed by atoms with Gasteiger partial charge in [-0.2, -0.15) is 5.26 Å². The zero-order chi connectivity index (χ0) is 13.7. The lowest BCUT2D eigenvalue weighted by Crippen LogP contribution is -2.47. The number of piperazine rings is 1. The maximum absolute atomic E-state index is 9.52. The number of phenolic OH excluding ortho intramolecular Hbond substituents is 1. The third kappa shape index (κ3) is 3.34. The van der Waals surface area contributed by atoms with Crippen molar-refractivity contribution < 1.29 is 5.11 Å². The molecule has 1 aromatic carbocycles. The summed E-state index contributed by atoms with van der Waals surface area (Å²) in [5.41, 5.74) is 0.861. The van der Waals surface area contributed by atoms with Crippen molar-refractivity contribution in [2.45, 2.75) is 6.04 Å². The van der Waals surface area contributed by atoms with E-state index in [2.05, 4.69) is 22.4 Å². The molecule has 0 radical (unpaired) electrons. The highest BCUT2D eigenvalue weighted by molar-refractivity contribution is 5.32. The molecule has 1 aliphatic heterocycles. The Labute approximate surface area is 114 Å². The van der Waals surface area contributed by atoms with Crippen molar-refractivity contribution in [3.8, 4) is 11.8 Å². The van der Waals surface area contributed by atoms with Gasteiger partial charge in [-0.15, -0.1) is 6.58 Å². The minimum atomic E-state index is -0.280. The summed E-state index contributed by atoms with van der Waals surface area (Å²) in [5.74, 6) is 0.211. The first-order valence-electron chi connectivity index (χ1n) is 6.50. The molecule has 1 saturated heterocycles. The molecule has 1 aromatic rings. The van der Waals surface area contributed by atoms with Gasteiger partial charge in [0.05, 0.1) is 6.07 Å². The molecule has 0 amide bonds. The van der Waals surface area contributed by atoms with Gasteiger partial charge in [0.2, 0.25) is 0 Å². The number of aromatic hydroxyl groups is 1. The highest BCUT2D eigenvalue weighted by atomic mass is 16.3. The molecular formula is C15H19N3O. The first-order chi connectivity index (χ1) is 9.24. The molecule has 1 unspecified atom stereocenters. The molecule has 19 heavy (non-hydrogen) atoms. The fourth-order valence-electron chi connectivity index (χ4n) is 2.45. The maximum Gasteiger partial charge on any atom is 0.124 e. The second-order valence-corrected chi connectivity index (χ2v) is 4.75. The SMILES string of the molecule is C=CCN1CCN(C(C#N)c2cccc(O)c2)CC1. The van der Waals surface area contributed by atoms with Crippen LogP contribution in [0, 0.1) is 11.3 Å². The zero-order valence-electron chi connectivity index (χ0n) is 11.0. The molecule has 0 bridgehead atoms. The monoisotopic (exact) mass is 257 g/mol. The van der Waals surface area contributed by atoms with Gasteiger partial charge in [0.15, 0.2) is 0 Å². The summed E-state index contributed by atoms with van der Waals surface area (Å²) in [6.07, 6.45) is 1.91. The van der Waals surface area contributed by atoms with E-state index < -0.39 is 0 Å². The average molecular weight is 257 g/mol. The van der Waals surface area contributed by atoms with Crippen molar-refractivity contribution in [1.82, 2.24) is 9.80 Å². The van der Waals surface area contributed by atoms with Gasteiger partial charge in [-0.1, -0.05) is 18.2 Å². The minimum absolute atomic E-state index is 0.211. The smallest absolute Gasteiger partial charge is 0.124 e. The molecule has 100 valence electrons. The van der Waals surface area contributed by atoms with Crippen molar-refractivity contribution in [3.63, 3.8) is 0 Å². The van der Waals surface area contributed by atoms with Gasteiger partial charge >= 0.3 is 0 Å². The fraction of sp³-hybridized carbons (Fsp3) is 0.400.